The van der Waals surface area contributed by atoms with Crippen LogP contribution in [-0.4, -0.2) is 11.5 Å². The van der Waals surface area contributed by atoms with E-state index in [9.17, 15) is 0 Å². The maximum absolute atomic E-state index is 2.33. The molecule has 0 aliphatic heterocycles. The molecule has 0 amide bonds. The van der Waals surface area contributed by atoms with Crippen LogP contribution in [0.4, 0.5) is 0 Å². The van der Waals surface area contributed by atoms with Crippen LogP contribution >= 0.6 is 23.5 Å². The van der Waals surface area contributed by atoms with Crippen molar-refractivity contribution >= 4 is 28.4 Å². The molecule has 0 radical (unpaired) electrons. The fourth-order valence-electron chi connectivity index (χ4n) is 2.70. The van der Waals surface area contributed by atoms with Crippen molar-refractivity contribution < 1.29 is 0 Å². The number of benzene rings is 1. The summed E-state index contributed by atoms with van der Waals surface area (Å²) >= 11 is 4.13. The van der Waals surface area contributed by atoms with E-state index in [4.69, 9.17) is 0 Å². The molecule has 0 N–H and O–H groups in total. The van der Waals surface area contributed by atoms with Gasteiger partial charge in [0.2, 0.25) is 0 Å². The van der Waals surface area contributed by atoms with E-state index in [1.165, 1.54) is 36.3 Å². The number of unbranched alkanes of at least 4 members (excludes halogenated alkanes) is 1. The zero-order valence-electron chi connectivity index (χ0n) is 12.2. The van der Waals surface area contributed by atoms with Crippen molar-refractivity contribution in [1.82, 2.24) is 0 Å². The Labute approximate surface area is 126 Å². The molecule has 1 unspecified atom stereocenters. The Morgan fingerprint density at radius 1 is 1.05 bits per heavy atom. The third-order valence-electron chi connectivity index (χ3n) is 3.52. The van der Waals surface area contributed by atoms with Gasteiger partial charge in [0.25, 0.3) is 0 Å². The van der Waals surface area contributed by atoms with Gasteiger partial charge in [0, 0.05) is 4.91 Å². The average molecular weight is 293 g/mol. The Kier molecular flexibility index (Phi) is 5.90. The second-order valence-corrected chi connectivity index (χ2v) is 7.47. The van der Waals surface area contributed by atoms with E-state index in [-0.39, 0.29) is 0 Å². The highest BCUT2D eigenvalue weighted by Gasteiger charge is 2.30. The summed E-state index contributed by atoms with van der Waals surface area (Å²) < 4.78 is 0. The standard InChI is InChI=1S/C17H24S2/c1-4-7-10-15-16(18-5-2)13-11-8-9-12-14(13)17(15)19-6-3/h8-9,11-12,16H,4-7,10H2,1-3H3. The Morgan fingerprint density at radius 3 is 2.53 bits per heavy atom. The molecule has 0 aromatic heterocycles. The van der Waals surface area contributed by atoms with E-state index in [2.05, 4.69) is 56.8 Å². The number of rotatable bonds is 7. The molecule has 0 saturated carbocycles. The van der Waals surface area contributed by atoms with Gasteiger partial charge in [-0.3, -0.25) is 0 Å². The van der Waals surface area contributed by atoms with Gasteiger partial charge in [-0.1, -0.05) is 51.5 Å². The molecule has 0 saturated heterocycles. The highest BCUT2D eigenvalue weighted by Crippen LogP contribution is 2.53. The minimum atomic E-state index is 0.613. The van der Waals surface area contributed by atoms with Crippen LogP contribution in [0.3, 0.4) is 0 Å². The van der Waals surface area contributed by atoms with Crippen molar-refractivity contribution in [1.29, 1.82) is 0 Å². The van der Waals surface area contributed by atoms with Crippen LogP contribution < -0.4 is 0 Å². The van der Waals surface area contributed by atoms with Gasteiger partial charge in [0.15, 0.2) is 0 Å². The molecule has 19 heavy (non-hydrogen) atoms. The molecule has 0 fully saturated rings. The van der Waals surface area contributed by atoms with Crippen LogP contribution in [0.15, 0.2) is 29.8 Å². The first-order valence-corrected chi connectivity index (χ1v) is 9.43. The van der Waals surface area contributed by atoms with Gasteiger partial charge < -0.3 is 0 Å². The fraction of sp³-hybridized carbons (Fsp3) is 0.529. The van der Waals surface area contributed by atoms with Crippen molar-refractivity contribution in [2.45, 2.75) is 45.3 Å². The Bertz CT molecular complexity index is 448. The molecule has 1 atom stereocenters. The molecular weight excluding hydrogens is 268 g/mol. The van der Waals surface area contributed by atoms with Gasteiger partial charge in [-0.15, -0.1) is 23.5 Å². The molecule has 1 aromatic rings. The van der Waals surface area contributed by atoms with Crippen molar-refractivity contribution in [2.75, 3.05) is 11.5 Å². The molecule has 1 aliphatic carbocycles. The lowest BCUT2D eigenvalue weighted by Crippen LogP contribution is -1.95. The summed E-state index contributed by atoms with van der Waals surface area (Å²) in [6, 6.07) is 9.03. The topological polar surface area (TPSA) is 0 Å². The summed E-state index contributed by atoms with van der Waals surface area (Å²) in [5.41, 5.74) is 4.75. The molecule has 104 valence electrons. The van der Waals surface area contributed by atoms with Crippen LogP contribution in [0.2, 0.25) is 0 Å². The Morgan fingerprint density at radius 2 is 1.84 bits per heavy atom. The third kappa shape index (κ3) is 3.22. The first-order valence-electron chi connectivity index (χ1n) is 7.40. The summed E-state index contributed by atoms with van der Waals surface area (Å²) in [6.07, 6.45) is 3.87. The van der Waals surface area contributed by atoms with E-state index >= 15 is 0 Å². The van der Waals surface area contributed by atoms with E-state index < -0.39 is 0 Å². The Balaban J connectivity index is 2.39. The SMILES string of the molecule is CCCCC1=C(SCC)c2ccccc2C1SCC. The van der Waals surface area contributed by atoms with Crippen LogP contribution in [0.5, 0.6) is 0 Å². The number of hydrogen-bond acceptors (Lipinski definition) is 2. The second-order valence-electron chi connectivity index (χ2n) is 4.81. The summed E-state index contributed by atoms with van der Waals surface area (Å²) in [5.74, 6) is 2.36. The van der Waals surface area contributed by atoms with Gasteiger partial charge in [0.05, 0.1) is 5.25 Å². The lowest BCUT2D eigenvalue weighted by Gasteiger charge is -2.15. The zero-order chi connectivity index (χ0) is 13.7. The van der Waals surface area contributed by atoms with Crippen LogP contribution in [0.25, 0.3) is 4.91 Å². The smallest absolute Gasteiger partial charge is 0.0526 e. The highest BCUT2D eigenvalue weighted by atomic mass is 32.2. The second kappa shape index (κ2) is 7.44. The first-order chi connectivity index (χ1) is 9.33. The number of fused-ring (bicyclic) bond motifs is 1. The molecule has 0 heterocycles. The summed E-state index contributed by atoms with van der Waals surface area (Å²) in [7, 11) is 0. The van der Waals surface area contributed by atoms with E-state index in [0.717, 1.165) is 0 Å². The van der Waals surface area contributed by atoms with Crippen molar-refractivity contribution in [3.63, 3.8) is 0 Å². The Hall–Kier alpha value is -0.340. The predicted octanol–water partition coefficient (Wildman–Crippen LogP) is 6.15. The van der Waals surface area contributed by atoms with Crippen molar-refractivity contribution in [3.8, 4) is 0 Å². The summed E-state index contributed by atoms with van der Waals surface area (Å²) in [4.78, 5) is 1.58. The van der Waals surface area contributed by atoms with Gasteiger partial charge in [-0.05, 0) is 41.0 Å². The van der Waals surface area contributed by atoms with Crippen LogP contribution in [0, 0.1) is 0 Å². The normalized spacial score (nSPS) is 17.9. The molecule has 1 aliphatic rings. The van der Waals surface area contributed by atoms with Crippen LogP contribution in [0.1, 0.15) is 56.4 Å². The minimum Gasteiger partial charge on any atom is -0.149 e. The molecule has 1 aromatic carbocycles. The third-order valence-corrected chi connectivity index (χ3v) is 5.78. The minimum absolute atomic E-state index is 0.613. The maximum atomic E-state index is 2.33. The molecule has 0 spiro atoms. The predicted molar refractivity (Wildman–Crippen MR) is 91.9 cm³/mol. The van der Waals surface area contributed by atoms with Gasteiger partial charge >= 0.3 is 0 Å². The lowest BCUT2D eigenvalue weighted by molar-refractivity contribution is 0.776. The lowest BCUT2D eigenvalue weighted by atomic mass is 10.1. The quantitative estimate of drug-likeness (QED) is 0.591. The van der Waals surface area contributed by atoms with Crippen molar-refractivity contribution in [3.05, 3.63) is 41.0 Å². The van der Waals surface area contributed by atoms with E-state index in [1.54, 1.807) is 16.0 Å². The van der Waals surface area contributed by atoms with Crippen LogP contribution in [-0.2, 0) is 0 Å². The molecular formula is C17H24S2. The highest BCUT2D eigenvalue weighted by molar-refractivity contribution is 8.08. The molecule has 2 rings (SSSR count). The summed E-state index contributed by atoms with van der Waals surface area (Å²) in [5, 5.41) is 0.613. The number of hydrogen-bond donors (Lipinski definition) is 0. The zero-order valence-corrected chi connectivity index (χ0v) is 13.9. The van der Waals surface area contributed by atoms with Crippen molar-refractivity contribution in [2.24, 2.45) is 0 Å². The van der Waals surface area contributed by atoms with E-state index in [1.807, 2.05) is 11.8 Å². The van der Waals surface area contributed by atoms with Gasteiger partial charge in [-0.2, -0.15) is 0 Å². The van der Waals surface area contributed by atoms with Gasteiger partial charge in [0.1, 0.15) is 0 Å². The molecule has 2 heteroatoms. The average Bonchev–Trinajstić information content (AvgIpc) is 2.72. The molecule has 0 bridgehead atoms. The fourth-order valence-corrected chi connectivity index (χ4v) is 4.96. The monoisotopic (exact) mass is 292 g/mol. The van der Waals surface area contributed by atoms with E-state index in [0.29, 0.717) is 5.25 Å². The van der Waals surface area contributed by atoms with Gasteiger partial charge in [-0.25, -0.2) is 0 Å². The summed E-state index contributed by atoms with van der Waals surface area (Å²) in [6.45, 7) is 6.82. The largest absolute Gasteiger partial charge is 0.149 e. The molecule has 0 nitrogen and oxygen atoms in total. The maximum Gasteiger partial charge on any atom is 0.0526 e. The first kappa shape index (κ1) is 15.1. The number of thioether (sulfide) groups is 2.